The van der Waals surface area contributed by atoms with Gasteiger partial charge in [-0.1, -0.05) is 34.1 Å². The molecule has 0 radical (unpaired) electrons. The van der Waals surface area contributed by atoms with Crippen molar-refractivity contribution in [3.63, 3.8) is 0 Å². The summed E-state index contributed by atoms with van der Waals surface area (Å²) in [5, 5.41) is 14.3. The number of carbonyl (C=O) groups excluding carboxylic acids is 2. The molecule has 0 bridgehead atoms. The molecule has 33 heavy (non-hydrogen) atoms. The van der Waals surface area contributed by atoms with E-state index in [0.717, 1.165) is 0 Å². The van der Waals surface area contributed by atoms with Gasteiger partial charge in [0.2, 0.25) is 0 Å². The summed E-state index contributed by atoms with van der Waals surface area (Å²) in [6.45, 7) is 0. The third kappa shape index (κ3) is 6.05. The second kappa shape index (κ2) is 10.6. The van der Waals surface area contributed by atoms with E-state index in [-0.39, 0.29) is 33.8 Å². The first-order valence-electron chi connectivity index (χ1n) is 9.54. The molecule has 2 amide bonds. The SMILES string of the molecule is COc1ccc(C(=O)O)cc1NC(=O)/C(=C\c1cc(Br)ccc1F)NC(=O)c1ccccc1. The largest absolute Gasteiger partial charge is 0.495 e. The molecule has 168 valence electrons. The van der Waals surface area contributed by atoms with Gasteiger partial charge in [-0.05, 0) is 54.6 Å². The maximum atomic E-state index is 14.3. The van der Waals surface area contributed by atoms with Crippen molar-refractivity contribution in [1.82, 2.24) is 5.32 Å². The first-order valence-corrected chi connectivity index (χ1v) is 10.3. The molecule has 0 saturated heterocycles. The van der Waals surface area contributed by atoms with Crippen LogP contribution in [0.4, 0.5) is 10.1 Å². The van der Waals surface area contributed by atoms with E-state index >= 15 is 0 Å². The van der Waals surface area contributed by atoms with E-state index in [0.29, 0.717) is 4.47 Å². The fraction of sp³-hybridized carbons (Fsp3) is 0.0417. The van der Waals surface area contributed by atoms with Gasteiger partial charge in [0, 0.05) is 15.6 Å². The lowest BCUT2D eigenvalue weighted by molar-refractivity contribution is -0.113. The minimum atomic E-state index is -1.20. The van der Waals surface area contributed by atoms with Crippen LogP contribution in [0.5, 0.6) is 5.75 Å². The highest BCUT2D eigenvalue weighted by Gasteiger charge is 2.18. The number of hydrogen-bond acceptors (Lipinski definition) is 4. The van der Waals surface area contributed by atoms with Crippen molar-refractivity contribution in [3.8, 4) is 5.75 Å². The second-order valence-corrected chi connectivity index (χ2v) is 7.63. The molecule has 0 aromatic heterocycles. The Balaban J connectivity index is 2.00. The monoisotopic (exact) mass is 512 g/mol. The van der Waals surface area contributed by atoms with E-state index in [1.807, 2.05) is 0 Å². The fourth-order valence-electron chi connectivity index (χ4n) is 2.85. The summed E-state index contributed by atoms with van der Waals surface area (Å²) in [5.74, 6) is -2.99. The summed E-state index contributed by atoms with van der Waals surface area (Å²) in [4.78, 5) is 37.1. The molecule has 0 aliphatic rings. The van der Waals surface area contributed by atoms with Gasteiger partial charge in [0.05, 0.1) is 18.4 Å². The number of carboxylic acid groups (broad SMARTS) is 1. The van der Waals surface area contributed by atoms with Gasteiger partial charge in [0.15, 0.2) is 0 Å². The summed E-state index contributed by atoms with van der Waals surface area (Å²) in [7, 11) is 1.36. The average Bonchev–Trinajstić information content (AvgIpc) is 2.81. The van der Waals surface area contributed by atoms with E-state index in [2.05, 4.69) is 26.6 Å². The molecule has 0 unspecified atom stereocenters. The Kier molecular flexibility index (Phi) is 7.57. The van der Waals surface area contributed by atoms with Gasteiger partial charge in [-0.3, -0.25) is 9.59 Å². The van der Waals surface area contributed by atoms with E-state index in [4.69, 9.17) is 4.74 Å². The maximum Gasteiger partial charge on any atom is 0.335 e. The number of benzene rings is 3. The molecule has 0 fully saturated rings. The Morgan fingerprint density at radius 1 is 1.00 bits per heavy atom. The van der Waals surface area contributed by atoms with Crippen molar-refractivity contribution in [2.75, 3.05) is 12.4 Å². The van der Waals surface area contributed by atoms with E-state index in [1.54, 1.807) is 30.3 Å². The van der Waals surface area contributed by atoms with Crippen molar-refractivity contribution in [2.24, 2.45) is 0 Å². The van der Waals surface area contributed by atoms with E-state index in [9.17, 15) is 23.9 Å². The normalized spacial score (nSPS) is 10.9. The van der Waals surface area contributed by atoms with Crippen LogP contribution < -0.4 is 15.4 Å². The molecular weight excluding hydrogens is 495 g/mol. The van der Waals surface area contributed by atoms with Crippen molar-refractivity contribution in [1.29, 1.82) is 0 Å². The smallest absolute Gasteiger partial charge is 0.335 e. The van der Waals surface area contributed by atoms with Crippen LogP contribution in [0.25, 0.3) is 6.08 Å². The number of methoxy groups -OCH3 is 1. The Morgan fingerprint density at radius 2 is 1.73 bits per heavy atom. The number of hydrogen-bond donors (Lipinski definition) is 3. The van der Waals surface area contributed by atoms with Crippen LogP contribution in [-0.4, -0.2) is 30.0 Å². The molecule has 3 aromatic carbocycles. The molecule has 3 aromatic rings. The van der Waals surface area contributed by atoms with Crippen LogP contribution in [0, 0.1) is 5.82 Å². The highest BCUT2D eigenvalue weighted by atomic mass is 79.9. The zero-order valence-corrected chi connectivity index (χ0v) is 18.9. The highest BCUT2D eigenvalue weighted by molar-refractivity contribution is 9.10. The van der Waals surface area contributed by atoms with Crippen molar-refractivity contribution < 1.29 is 28.6 Å². The number of aromatic carboxylic acids is 1. The van der Waals surface area contributed by atoms with Crippen LogP contribution in [0.15, 0.2) is 76.9 Å². The van der Waals surface area contributed by atoms with Crippen molar-refractivity contribution in [3.05, 3.63) is 99.4 Å². The molecule has 0 atom stereocenters. The number of halogens is 2. The van der Waals surface area contributed by atoms with Gasteiger partial charge >= 0.3 is 5.97 Å². The summed E-state index contributed by atoms with van der Waals surface area (Å²) in [5.41, 5.74) is 0.0640. The summed E-state index contributed by atoms with van der Waals surface area (Å²) < 4.78 is 20.1. The van der Waals surface area contributed by atoms with E-state index in [1.165, 1.54) is 49.6 Å². The van der Waals surface area contributed by atoms with Gasteiger partial charge in [-0.15, -0.1) is 0 Å². The fourth-order valence-corrected chi connectivity index (χ4v) is 3.23. The average molecular weight is 513 g/mol. The van der Waals surface area contributed by atoms with Gasteiger partial charge in [-0.2, -0.15) is 0 Å². The summed E-state index contributed by atoms with van der Waals surface area (Å²) in [6, 6.07) is 16.3. The molecule has 0 aliphatic carbocycles. The topological polar surface area (TPSA) is 105 Å². The number of rotatable bonds is 7. The standard InChI is InChI=1S/C24H18BrFN2O5/c1-33-21-10-7-15(24(31)32)12-19(21)27-23(30)20(13-16-11-17(25)8-9-18(16)26)28-22(29)14-5-3-2-4-6-14/h2-13H,1H3,(H,27,30)(H,28,29)(H,31,32)/b20-13+. The minimum Gasteiger partial charge on any atom is -0.495 e. The zero-order chi connectivity index (χ0) is 24.0. The van der Waals surface area contributed by atoms with Crippen LogP contribution in [0.1, 0.15) is 26.3 Å². The molecule has 0 aliphatic heterocycles. The third-order valence-corrected chi connectivity index (χ3v) is 4.97. The van der Waals surface area contributed by atoms with E-state index < -0.39 is 23.6 Å². The van der Waals surface area contributed by atoms with Gasteiger partial charge < -0.3 is 20.5 Å². The number of ether oxygens (including phenoxy) is 1. The molecule has 0 spiro atoms. The molecule has 0 saturated carbocycles. The molecule has 9 heteroatoms. The van der Waals surface area contributed by atoms with Crippen molar-refractivity contribution in [2.45, 2.75) is 0 Å². The predicted molar refractivity (Wildman–Crippen MR) is 125 cm³/mol. The zero-order valence-electron chi connectivity index (χ0n) is 17.3. The Bertz CT molecular complexity index is 1240. The summed E-state index contributed by atoms with van der Waals surface area (Å²) >= 11 is 3.25. The second-order valence-electron chi connectivity index (χ2n) is 6.72. The lowest BCUT2D eigenvalue weighted by Gasteiger charge is -2.14. The molecule has 3 rings (SSSR count). The number of anilines is 1. The number of carbonyl (C=O) groups is 3. The molecule has 7 nitrogen and oxygen atoms in total. The number of nitrogens with one attached hydrogen (secondary N) is 2. The first-order chi connectivity index (χ1) is 15.8. The highest BCUT2D eigenvalue weighted by Crippen LogP contribution is 2.26. The lowest BCUT2D eigenvalue weighted by atomic mass is 10.1. The minimum absolute atomic E-state index is 0.0501. The number of amides is 2. The lowest BCUT2D eigenvalue weighted by Crippen LogP contribution is -2.31. The van der Waals surface area contributed by atoms with Crippen LogP contribution >= 0.6 is 15.9 Å². The van der Waals surface area contributed by atoms with Gasteiger partial charge in [0.1, 0.15) is 17.3 Å². The maximum absolute atomic E-state index is 14.3. The van der Waals surface area contributed by atoms with Gasteiger partial charge in [0.25, 0.3) is 11.8 Å². The molecular formula is C24H18BrFN2O5. The predicted octanol–water partition coefficient (Wildman–Crippen LogP) is 4.70. The molecule has 0 heterocycles. The van der Waals surface area contributed by atoms with Crippen LogP contribution in [0.2, 0.25) is 0 Å². The Hall–Kier alpha value is -3.98. The third-order valence-electron chi connectivity index (χ3n) is 4.48. The Labute approximate surface area is 197 Å². The van der Waals surface area contributed by atoms with Crippen LogP contribution in [0.3, 0.4) is 0 Å². The number of carboxylic acids is 1. The molecule has 3 N–H and O–H groups in total. The van der Waals surface area contributed by atoms with Crippen molar-refractivity contribution >= 4 is 45.5 Å². The summed E-state index contributed by atoms with van der Waals surface area (Å²) in [6.07, 6.45) is 1.18. The Morgan fingerprint density at radius 3 is 2.39 bits per heavy atom. The van der Waals surface area contributed by atoms with Gasteiger partial charge in [-0.25, -0.2) is 9.18 Å². The van der Waals surface area contributed by atoms with Crippen LogP contribution in [-0.2, 0) is 4.79 Å². The first kappa shape index (κ1) is 23.7. The quantitative estimate of drug-likeness (QED) is 0.398.